The number of nitrogens with zero attached hydrogens (tertiary/aromatic N) is 5. The molecule has 0 spiro atoms. The van der Waals surface area contributed by atoms with Gasteiger partial charge in [-0.25, -0.2) is 9.98 Å². The summed E-state index contributed by atoms with van der Waals surface area (Å²) in [6, 6.07) is 36.4. The number of hydrogen-bond acceptors (Lipinski definition) is 6. The van der Waals surface area contributed by atoms with Gasteiger partial charge in [0.25, 0.3) is 0 Å². The highest BCUT2D eigenvalue weighted by atomic mass is 16.5. The van der Waals surface area contributed by atoms with Crippen molar-refractivity contribution in [2.24, 2.45) is 9.98 Å². The molecule has 2 aliphatic rings. The number of aliphatic imine (C=N–C) groups is 2. The monoisotopic (exact) mass is 641 g/mol. The van der Waals surface area contributed by atoms with Gasteiger partial charge in [-0.3, -0.25) is 9.97 Å². The second-order valence-corrected chi connectivity index (χ2v) is 14.1. The molecule has 7 heteroatoms. The van der Waals surface area contributed by atoms with Crippen molar-refractivity contribution in [2.45, 2.75) is 38.9 Å². The molecule has 0 bridgehead atoms. The average molecular weight is 642 g/mol. The zero-order valence-electron chi connectivity index (χ0n) is 27.9. The zero-order chi connectivity index (χ0) is 33.3. The van der Waals surface area contributed by atoms with Gasteiger partial charge in [-0.15, -0.1) is 0 Å². The Morgan fingerprint density at radius 1 is 0.551 bits per heavy atom. The van der Waals surface area contributed by atoms with Gasteiger partial charge in [0.15, 0.2) is 0 Å². The maximum Gasteiger partial charge on any atom is 0.218 e. The average Bonchev–Trinajstić information content (AvgIpc) is 3.79. The Balaban J connectivity index is 1.21. The smallest absolute Gasteiger partial charge is 0.218 e. The first kappa shape index (κ1) is 29.3. The largest absolute Gasteiger partial charge is 0.469 e. The van der Waals surface area contributed by atoms with E-state index in [0.717, 1.165) is 55.7 Å². The maximum absolute atomic E-state index is 6.08. The lowest BCUT2D eigenvalue weighted by Crippen LogP contribution is -2.24. The molecular formula is C42H35N5O2. The summed E-state index contributed by atoms with van der Waals surface area (Å²) in [6.07, 6.45) is 3.73. The van der Waals surface area contributed by atoms with Gasteiger partial charge >= 0.3 is 0 Å². The predicted molar refractivity (Wildman–Crippen MR) is 198 cm³/mol. The van der Waals surface area contributed by atoms with Crippen molar-refractivity contribution in [3.05, 3.63) is 127 Å². The number of para-hydroxylation sites is 1. The molecule has 0 radical (unpaired) electrons. The van der Waals surface area contributed by atoms with Crippen LogP contribution in [-0.2, 0) is 9.47 Å². The highest BCUT2D eigenvalue weighted by Crippen LogP contribution is 2.42. The molecule has 240 valence electrons. The molecule has 2 aliphatic heterocycles. The van der Waals surface area contributed by atoms with Crippen LogP contribution in [-0.4, -0.2) is 50.6 Å². The molecule has 5 heterocycles. The first-order valence-electron chi connectivity index (χ1n) is 16.7. The molecule has 0 atom stereocenters. The molecule has 7 aromatic rings. The van der Waals surface area contributed by atoms with Gasteiger partial charge in [-0.1, -0.05) is 54.6 Å². The quantitative estimate of drug-likeness (QED) is 0.188. The second-order valence-electron chi connectivity index (χ2n) is 14.1. The lowest BCUT2D eigenvalue weighted by Gasteiger charge is -2.17. The van der Waals surface area contributed by atoms with Crippen molar-refractivity contribution in [1.29, 1.82) is 0 Å². The Labute approximate surface area is 284 Å². The van der Waals surface area contributed by atoms with Crippen molar-refractivity contribution in [3.8, 4) is 28.2 Å². The van der Waals surface area contributed by atoms with Crippen LogP contribution in [0.15, 0.2) is 126 Å². The number of ether oxygens (including phenoxy) is 2. The van der Waals surface area contributed by atoms with Crippen LogP contribution in [0.5, 0.6) is 0 Å². The lowest BCUT2D eigenvalue weighted by molar-refractivity contribution is 0.131. The third-order valence-corrected chi connectivity index (χ3v) is 9.33. The summed E-state index contributed by atoms with van der Waals surface area (Å²) in [6.45, 7) is 9.49. The van der Waals surface area contributed by atoms with Crippen LogP contribution >= 0.6 is 0 Å². The first-order chi connectivity index (χ1) is 23.7. The highest BCUT2D eigenvalue weighted by Gasteiger charge is 2.29. The molecule has 4 aromatic carbocycles. The molecular weight excluding hydrogens is 606 g/mol. The molecule has 0 aliphatic carbocycles. The van der Waals surface area contributed by atoms with Crippen molar-refractivity contribution < 1.29 is 9.47 Å². The van der Waals surface area contributed by atoms with Gasteiger partial charge in [-0.05, 0) is 87.0 Å². The summed E-state index contributed by atoms with van der Waals surface area (Å²) in [4.78, 5) is 19.0. The van der Waals surface area contributed by atoms with Gasteiger partial charge in [-0.2, -0.15) is 0 Å². The Morgan fingerprint density at radius 2 is 1.14 bits per heavy atom. The van der Waals surface area contributed by atoms with Gasteiger partial charge in [0.1, 0.15) is 11.2 Å². The van der Waals surface area contributed by atoms with E-state index in [-0.39, 0.29) is 11.2 Å². The van der Waals surface area contributed by atoms with Crippen molar-refractivity contribution in [1.82, 2.24) is 14.5 Å². The molecule has 3 aromatic heterocycles. The molecule has 0 saturated heterocycles. The molecule has 0 unspecified atom stereocenters. The van der Waals surface area contributed by atoms with Crippen LogP contribution in [0.3, 0.4) is 0 Å². The van der Waals surface area contributed by atoms with Crippen molar-refractivity contribution in [2.75, 3.05) is 13.1 Å². The fourth-order valence-electron chi connectivity index (χ4n) is 6.95. The molecule has 49 heavy (non-hydrogen) atoms. The second kappa shape index (κ2) is 10.9. The molecule has 0 amide bonds. The summed E-state index contributed by atoms with van der Waals surface area (Å²) in [7, 11) is 0. The van der Waals surface area contributed by atoms with Crippen LogP contribution in [0.25, 0.3) is 60.8 Å². The third kappa shape index (κ3) is 5.05. The van der Waals surface area contributed by atoms with Crippen LogP contribution in [0.4, 0.5) is 0 Å². The van der Waals surface area contributed by atoms with Crippen molar-refractivity contribution >= 4 is 44.4 Å². The maximum atomic E-state index is 6.08. The van der Waals surface area contributed by atoms with E-state index in [1.165, 1.54) is 16.2 Å². The van der Waals surface area contributed by atoms with E-state index < -0.39 is 0 Å². The van der Waals surface area contributed by atoms with E-state index in [9.17, 15) is 0 Å². The number of fused-ring (bicyclic) bond motifs is 5. The molecule has 9 rings (SSSR count). The van der Waals surface area contributed by atoms with Gasteiger partial charge in [0.2, 0.25) is 11.8 Å². The highest BCUT2D eigenvalue weighted by molar-refractivity contribution is 6.24. The Morgan fingerprint density at radius 3 is 1.73 bits per heavy atom. The lowest BCUT2D eigenvalue weighted by atomic mass is 9.96. The minimum atomic E-state index is -0.295. The molecule has 0 fully saturated rings. The Kier molecular flexibility index (Phi) is 6.50. The van der Waals surface area contributed by atoms with Gasteiger partial charge in [0, 0.05) is 40.0 Å². The normalized spacial score (nSPS) is 16.5. The van der Waals surface area contributed by atoms with Gasteiger partial charge in [0.05, 0.1) is 46.6 Å². The van der Waals surface area contributed by atoms with E-state index in [1.54, 1.807) is 0 Å². The molecule has 0 N–H and O–H groups in total. The van der Waals surface area contributed by atoms with Crippen LogP contribution in [0.1, 0.15) is 38.8 Å². The summed E-state index contributed by atoms with van der Waals surface area (Å²) < 4.78 is 14.5. The Hall–Kier alpha value is -5.82. The third-order valence-electron chi connectivity index (χ3n) is 9.33. The predicted octanol–water partition coefficient (Wildman–Crippen LogP) is 9.17. The fourth-order valence-corrected chi connectivity index (χ4v) is 6.95. The fraction of sp³-hybridized carbons (Fsp3) is 0.190. The summed E-state index contributed by atoms with van der Waals surface area (Å²) in [5.41, 5.74) is 8.41. The van der Waals surface area contributed by atoms with E-state index in [2.05, 4.69) is 125 Å². The standard InChI is InChI=1S/C42H35N5O2/c1-41(2)24-45-39(48-41)27-15-18-34(43-22-27)26-14-17-32-36(20-26)47(29-10-6-5-7-11-29)37-21-33(30-12-8-9-13-31(30)38(32)37)35-19-16-28(23-44-35)40-46-25-42(3,4)49-40/h5-23H,24-25H2,1-4H3. The SMILES string of the molecule is CC1(C)CN=C(c2ccc(-c3ccc4c5c6ccccc6c(-c6ccc(C7=NCC(C)(C)O7)cn6)cc5n(-c5ccccc5)c4c3)nc2)O1. The number of rotatable bonds is 5. The number of hydrogen-bond donors (Lipinski definition) is 0. The Bertz CT molecular complexity index is 2470. The van der Waals surface area contributed by atoms with Gasteiger partial charge < -0.3 is 14.0 Å². The number of benzene rings is 4. The number of pyridine rings is 2. The topological polar surface area (TPSA) is 73.9 Å². The summed E-state index contributed by atoms with van der Waals surface area (Å²) in [5, 5.41) is 4.72. The number of aromatic nitrogens is 3. The molecule has 7 nitrogen and oxygen atoms in total. The summed E-state index contributed by atoms with van der Waals surface area (Å²) in [5.74, 6) is 1.30. The summed E-state index contributed by atoms with van der Waals surface area (Å²) >= 11 is 0. The van der Waals surface area contributed by atoms with E-state index in [4.69, 9.17) is 19.4 Å². The minimum Gasteiger partial charge on any atom is -0.469 e. The molecule has 0 saturated carbocycles. The van der Waals surface area contributed by atoms with Crippen LogP contribution in [0.2, 0.25) is 0 Å². The minimum absolute atomic E-state index is 0.287. The van der Waals surface area contributed by atoms with Crippen LogP contribution < -0.4 is 0 Å². The van der Waals surface area contributed by atoms with E-state index >= 15 is 0 Å². The first-order valence-corrected chi connectivity index (χ1v) is 16.7. The van der Waals surface area contributed by atoms with Crippen LogP contribution in [0, 0.1) is 0 Å². The van der Waals surface area contributed by atoms with Crippen molar-refractivity contribution in [3.63, 3.8) is 0 Å². The zero-order valence-corrected chi connectivity index (χ0v) is 27.9. The van der Waals surface area contributed by atoms with E-state index in [1.807, 2.05) is 32.3 Å². The van der Waals surface area contributed by atoms with E-state index in [0.29, 0.717) is 24.9 Å².